The number of hydrogen-bond acceptors (Lipinski definition) is 6. The predicted molar refractivity (Wildman–Crippen MR) is 137 cm³/mol. The van der Waals surface area contributed by atoms with Crippen LogP contribution in [0.25, 0.3) is 0 Å². The minimum atomic E-state index is -4.16. The van der Waals surface area contributed by atoms with E-state index in [1.54, 1.807) is 13.8 Å². The fourth-order valence-corrected chi connectivity index (χ4v) is 5.82. The number of anilines is 1. The number of halogens is 3. The lowest BCUT2D eigenvalue weighted by atomic mass is 9.97. The van der Waals surface area contributed by atoms with Crippen LogP contribution in [0.5, 0.6) is 0 Å². The Morgan fingerprint density at radius 2 is 1.73 bits per heavy atom. The van der Waals surface area contributed by atoms with Crippen molar-refractivity contribution in [3.8, 4) is 0 Å². The highest BCUT2D eigenvalue weighted by Crippen LogP contribution is 2.28. The lowest BCUT2D eigenvalue weighted by Crippen LogP contribution is -2.30. The van der Waals surface area contributed by atoms with Gasteiger partial charge in [0.1, 0.15) is 22.6 Å². The smallest absolute Gasteiger partial charge is 0.302 e. The second kappa shape index (κ2) is 13.3. The van der Waals surface area contributed by atoms with Crippen LogP contribution < -0.4 is 5.32 Å². The van der Waals surface area contributed by atoms with Gasteiger partial charge >= 0.3 is 5.97 Å². The third kappa shape index (κ3) is 8.21. The molecule has 7 nitrogen and oxygen atoms in total. The molecule has 1 amide bonds. The molecule has 2 aromatic rings. The Hall–Kier alpha value is -2.56. The van der Waals surface area contributed by atoms with Crippen LogP contribution in [0.4, 0.5) is 14.5 Å². The number of rotatable bonds is 12. The molecule has 0 aromatic heterocycles. The third-order valence-corrected chi connectivity index (χ3v) is 8.94. The largest absolute Gasteiger partial charge is 0.460 e. The molecule has 4 unspecified atom stereocenters. The molecule has 0 aliphatic rings. The zero-order valence-electron chi connectivity index (χ0n) is 21.1. The summed E-state index contributed by atoms with van der Waals surface area (Å²) in [4.78, 5) is 23.2. The van der Waals surface area contributed by atoms with E-state index in [-0.39, 0.29) is 16.3 Å². The van der Waals surface area contributed by atoms with Crippen LogP contribution in [0.3, 0.4) is 0 Å². The van der Waals surface area contributed by atoms with E-state index in [1.807, 2.05) is 0 Å². The van der Waals surface area contributed by atoms with E-state index in [2.05, 4.69) is 5.32 Å². The fraction of sp³-hybridized carbons (Fsp3) is 0.462. The van der Waals surface area contributed by atoms with Crippen molar-refractivity contribution < 1.29 is 36.6 Å². The quantitative estimate of drug-likeness (QED) is 0.330. The Labute approximate surface area is 221 Å². The molecule has 2 rings (SSSR count). The van der Waals surface area contributed by atoms with Gasteiger partial charge in [0, 0.05) is 18.2 Å². The first-order valence-corrected chi connectivity index (χ1v) is 13.8. The van der Waals surface area contributed by atoms with E-state index in [4.69, 9.17) is 16.3 Å². The van der Waals surface area contributed by atoms with Gasteiger partial charge in [0.2, 0.25) is 0 Å². The Morgan fingerprint density at radius 3 is 2.32 bits per heavy atom. The molecule has 0 saturated heterocycles. The predicted octanol–water partition coefficient (Wildman–Crippen LogP) is 5.54. The molecule has 0 aliphatic heterocycles. The van der Waals surface area contributed by atoms with Gasteiger partial charge in [0.25, 0.3) is 5.91 Å². The molecular formula is C26H32ClF2NO6S. The van der Waals surface area contributed by atoms with Gasteiger partial charge in [-0.15, -0.1) is 0 Å². The third-order valence-electron chi connectivity index (χ3n) is 6.28. The molecule has 37 heavy (non-hydrogen) atoms. The number of nitrogens with one attached hydrogen (secondary N) is 1. The van der Waals surface area contributed by atoms with Gasteiger partial charge in [-0.05, 0) is 68.5 Å². The van der Waals surface area contributed by atoms with Gasteiger partial charge in [-0.2, -0.15) is 0 Å². The highest BCUT2D eigenvalue weighted by Gasteiger charge is 2.31. The average molecular weight is 560 g/mol. The number of sulfone groups is 1. The summed E-state index contributed by atoms with van der Waals surface area (Å²) in [5, 5.41) is 11.6. The minimum Gasteiger partial charge on any atom is -0.460 e. The summed E-state index contributed by atoms with van der Waals surface area (Å²) in [6, 6.07) is 6.59. The van der Waals surface area contributed by atoms with Gasteiger partial charge in [0.05, 0.1) is 16.4 Å². The normalized spacial score (nSPS) is 14.9. The van der Waals surface area contributed by atoms with Crippen LogP contribution >= 0.6 is 11.6 Å². The van der Waals surface area contributed by atoms with Crippen molar-refractivity contribution in [3.05, 3.63) is 58.6 Å². The van der Waals surface area contributed by atoms with Gasteiger partial charge in [-0.3, -0.25) is 9.59 Å². The number of carbonyl (C=O) groups is 2. The molecule has 2 aromatic carbocycles. The number of benzene rings is 2. The molecule has 11 heteroatoms. The summed E-state index contributed by atoms with van der Waals surface area (Å²) < 4.78 is 59.6. The molecule has 4 atom stereocenters. The second-order valence-corrected chi connectivity index (χ2v) is 11.7. The average Bonchev–Trinajstić information content (AvgIpc) is 2.83. The summed E-state index contributed by atoms with van der Waals surface area (Å²) in [5.41, 5.74) is 0.0906. The summed E-state index contributed by atoms with van der Waals surface area (Å²) in [6.07, 6.45) is 0.116. The second-order valence-electron chi connectivity index (χ2n) is 9.01. The van der Waals surface area contributed by atoms with E-state index in [9.17, 15) is 31.9 Å². The molecule has 0 saturated carbocycles. The van der Waals surface area contributed by atoms with E-state index >= 15 is 0 Å². The topological polar surface area (TPSA) is 110 Å². The van der Waals surface area contributed by atoms with Gasteiger partial charge in [0.15, 0.2) is 9.84 Å². The van der Waals surface area contributed by atoms with Crippen LogP contribution in [-0.4, -0.2) is 42.9 Å². The summed E-state index contributed by atoms with van der Waals surface area (Å²) in [7, 11) is -4.16. The highest BCUT2D eigenvalue weighted by atomic mass is 35.5. The first-order valence-electron chi connectivity index (χ1n) is 11.9. The standard InChI is InChI=1S/C26H32ClF2NO6S/c1-5-24(36-17(4)31)23(32)8-6-7-15(2)16(3)37(34,35)25-13-18(9-11-22(25)29)26(33)30-19-10-12-21(28)20(27)14-19/h9-16,23-24,32H,5-8H2,1-4H3,(H,30,33). The molecule has 0 heterocycles. The van der Waals surface area contributed by atoms with E-state index in [1.165, 1.54) is 26.0 Å². The SMILES string of the molecule is CCC(OC(C)=O)C(O)CCCC(C)C(C)S(=O)(=O)c1cc(C(=O)Nc2ccc(F)c(Cl)c2)ccc1F. The van der Waals surface area contributed by atoms with Gasteiger partial charge < -0.3 is 15.2 Å². The molecule has 0 radical (unpaired) electrons. The monoisotopic (exact) mass is 559 g/mol. The molecular weight excluding hydrogens is 528 g/mol. The van der Waals surface area contributed by atoms with Crippen LogP contribution in [-0.2, 0) is 19.4 Å². The molecule has 204 valence electrons. The number of ether oxygens (including phenoxy) is 1. The molecule has 0 fully saturated rings. The maximum absolute atomic E-state index is 14.6. The lowest BCUT2D eigenvalue weighted by molar-refractivity contribution is -0.152. The minimum absolute atomic E-state index is 0.0977. The number of aliphatic hydroxyl groups is 1. The first-order chi connectivity index (χ1) is 17.3. The number of carbonyl (C=O) groups excluding carboxylic acids is 2. The van der Waals surface area contributed by atoms with Gasteiger partial charge in [-0.25, -0.2) is 17.2 Å². The van der Waals surface area contributed by atoms with Crippen LogP contribution in [0, 0.1) is 17.6 Å². The van der Waals surface area contributed by atoms with Crippen molar-refractivity contribution in [2.24, 2.45) is 5.92 Å². The first kappa shape index (κ1) is 30.7. The Balaban J connectivity index is 2.11. The molecule has 0 spiro atoms. The van der Waals surface area contributed by atoms with Crippen molar-refractivity contribution in [1.82, 2.24) is 0 Å². The lowest BCUT2D eigenvalue weighted by Gasteiger charge is -2.24. The van der Waals surface area contributed by atoms with E-state index in [0.717, 1.165) is 24.3 Å². The Morgan fingerprint density at radius 1 is 1.08 bits per heavy atom. The van der Waals surface area contributed by atoms with E-state index in [0.29, 0.717) is 25.7 Å². The van der Waals surface area contributed by atoms with Crippen molar-refractivity contribution in [3.63, 3.8) is 0 Å². The van der Waals surface area contributed by atoms with Crippen LogP contribution in [0.1, 0.15) is 63.7 Å². The summed E-state index contributed by atoms with van der Waals surface area (Å²) >= 11 is 5.72. The summed E-state index contributed by atoms with van der Waals surface area (Å²) in [5.74, 6) is -3.25. The van der Waals surface area contributed by atoms with Crippen LogP contribution in [0.2, 0.25) is 5.02 Å². The fourth-order valence-electron chi connectivity index (χ4n) is 3.86. The van der Waals surface area contributed by atoms with Crippen molar-refractivity contribution in [2.75, 3.05) is 5.32 Å². The number of hydrogen-bond donors (Lipinski definition) is 2. The molecule has 0 aliphatic carbocycles. The Bertz CT molecular complexity index is 1220. The summed E-state index contributed by atoms with van der Waals surface area (Å²) in [6.45, 7) is 6.23. The Kier molecular flexibility index (Phi) is 11.0. The maximum atomic E-state index is 14.6. The molecule has 0 bridgehead atoms. The molecule has 2 N–H and O–H groups in total. The van der Waals surface area contributed by atoms with Crippen molar-refractivity contribution >= 4 is 39.0 Å². The zero-order valence-corrected chi connectivity index (χ0v) is 22.7. The van der Waals surface area contributed by atoms with Crippen molar-refractivity contribution in [2.45, 2.75) is 75.7 Å². The number of amides is 1. The zero-order chi connectivity index (χ0) is 27.9. The van der Waals surface area contributed by atoms with Gasteiger partial charge in [-0.1, -0.05) is 31.9 Å². The maximum Gasteiger partial charge on any atom is 0.302 e. The highest BCUT2D eigenvalue weighted by molar-refractivity contribution is 7.92. The van der Waals surface area contributed by atoms with Crippen LogP contribution in [0.15, 0.2) is 41.3 Å². The number of esters is 1. The van der Waals surface area contributed by atoms with E-state index < -0.39 is 61.6 Å². The van der Waals surface area contributed by atoms with Crippen molar-refractivity contribution in [1.29, 1.82) is 0 Å². The number of aliphatic hydroxyl groups excluding tert-OH is 1.